The minimum Gasteiger partial charge on any atom is -0.378 e. The van der Waals surface area contributed by atoms with Gasteiger partial charge in [0.25, 0.3) is 11.6 Å². The largest absolute Gasteiger partial charge is 0.378 e. The maximum atomic E-state index is 12.8. The number of ether oxygens (including phenoxy) is 1. The van der Waals surface area contributed by atoms with Gasteiger partial charge >= 0.3 is 0 Å². The van der Waals surface area contributed by atoms with E-state index in [1.54, 1.807) is 7.05 Å². The molecule has 0 unspecified atom stereocenters. The van der Waals surface area contributed by atoms with Gasteiger partial charge in [-0.05, 0) is 23.8 Å². The van der Waals surface area contributed by atoms with Crippen LogP contribution in [0.4, 0.5) is 11.4 Å². The lowest BCUT2D eigenvalue weighted by Crippen LogP contribution is -2.37. The number of hydrogen-bond acceptors (Lipinski definition) is 5. The van der Waals surface area contributed by atoms with Crippen LogP contribution in [0.1, 0.15) is 15.9 Å². The van der Waals surface area contributed by atoms with Crippen LogP contribution in [0.25, 0.3) is 0 Å². The highest BCUT2D eigenvalue weighted by Gasteiger charge is 2.24. The topological polar surface area (TPSA) is 75.9 Å². The van der Waals surface area contributed by atoms with Crippen molar-refractivity contribution in [2.75, 3.05) is 38.3 Å². The van der Waals surface area contributed by atoms with Crippen molar-refractivity contribution in [1.82, 2.24) is 4.90 Å². The molecule has 0 spiro atoms. The number of halogens is 1. The number of nitro benzene ring substituents is 1. The fourth-order valence-electron chi connectivity index (χ4n) is 3.13. The summed E-state index contributed by atoms with van der Waals surface area (Å²) in [5.41, 5.74) is 1.76. The highest BCUT2D eigenvalue weighted by molar-refractivity contribution is 6.31. The van der Waals surface area contributed by atoms with E-state index < -0.39 is 10.8 Å². The van der Waals surface area contributed by atoms with Crippen LogP contribution in [0, 0.1) is 10.1 Å². The number of morpholine rings is 1. The number of carbonyl (C=O) groups is 1. The van der Waals surface area contributed by atoms with Crippen LogP contribution in [0.2, 0.25) is 5.02 Å². The van der Waals surface area contributed by atoms with Gasteiger partial charge in [0.2, 0.25) is 0 Å². The third-order valence-electron chi connectivity index (χ3n) is 4.48. The molecular weight excluding hydrogens is 370 g/mol. The smallest absolute Gasteiger partial charge is 0.283 e. The predicted octanol–water partition coefficient (Wildman–Crippen LogP) is 3.36. The average molecular weight is 390 g/mol. The van der Waals surface area contributed by atoms with Gasteiger partial charge in [-0.1, -0.05) is 29.8 Å². The van der Waals surface area contributed by atoms with Crippen molar-refractivity contribution in [3.8, 4) is 0 Å². The maximum absolute atomic E-state index is 12.8. The highest BCUT2D eigenvalue weighted by atomic mass is 35.5. The van der Waals surface area contributed by atoms with E-state index in [9.17, 15) is 14.9 Å². The molecule has 0 atom stereocenters. The van der Waals surface area contributed by atoms with E-state index in [4.69, 9.17) is 16.3 Å². The van der Waals surface area contributed by atoms with E-state index in [0.29, 0.717) is 19.8 Å². The molecule has 2 aromatic rings. The lowest BCUT2D eigenvalue weighted by molar-refractivity contribution is -0.385. The number of nitro groups is 1. The first kappa shape index (κ1) is 19.1. The molecule has 1 fully saturated rings. The number of para-hydroxylation sites is 1. The first-order chi connectivity index (χ1) is 13.0. The van der Waals surface area contributed by atoms with E-state index in [1.807, 2.05) is 24.3 Å². The van der Waals surface area contributed by atoms with Gasteiger partial charge in [-0.25, -0.2) is 0 Å². The van der Waals surface area contributed by atoms with Gasteiger partial charge in [0.05, 0.1) is 18.1 Å². The Balaban J connectivity index is 1.83. The fraction of sp³-hybridized carbons (Fsp3) is 0.316. The molecular formula is C19H20ClN3O4. The quantitative estimate of drug-likeness (QED) is 0.579. The van der Waals surface area contributed by atoms with E-state index in [0.717, 1.165) is 24.3 Å². The Bertz CT molecular complexity index is 853. The molecule has 142 valence electrons. The molecule has 0 N–H and O–H groups in total. The third kappa shape index (κ3) is 4.37. The van der Waals surface area contributed by atoms with Gasteiger partial charge in [-0.3, -0.25) is 14.9 Å². The van der Waals surface area contributed by atoms with Crippen molar-refractivity contribution in [1.29, 1.82) is 0 Å². The zero-order chi connectivity index (χ0) is 19.4. The standard InChI is InChI=1S/C19H20ClN3O4/c1-21(19(24)16-7-6-15(20)12-18(16)23(25)26)13-14-4-2-3-5-17(14)22-8-10-27-11-9-22/h2-7,12H,8-11,13H2,1H3. The molecule has 1 aliphatic rings. The molecule has 7 nitrogen and oxygen atoms in total. The van der Waals surface area contributed by atoms with E-state index >= 15 is 0 Å². The van der Waals surface area contributed by atoms with Gasteiger partial charge in [-0.15, -0.1) is 0 Å². The van der Waals surface area contributed by atoms with E-state index in [-0.39, 0.29) is 16.3 Å². The van der Waals surface area contributed by atoms with Crippen LogP contribution in [0.3, 0.4) is 0 Å². The summed E-state index contributed by atoms with van der Waals surface area (Å²) in [7, 11) is 1.64. The summed E-state index contributed by atoms with van der Waals surface area (Å²) in [6, 6.07) is 11.9. The van der Waals surface area contributed by atoms with Crippen molar-refractivity contribution in [3.63, 3.8) is 0 Å². The molecule has 8 heteroatoms. The molecule has 27 heavy (non-hydrogen) atoms. The first-order valence-electron chi connectivity index (χ1n) is 8.57. The van der Waals surface area contributed by atoms with Gasteiger partial charge in [0.1, 0.15) is 5.56 Å². The predicted molar refractivity (Wildman–Crippen MR) is 103 cm³/mol. The lowest BCUT2D eigenvalue weighted by atomic mass is 10.1. The summed E-state index contributed by atoms with van der Waals surface area (Å²) < 4.78 is 5.40. The lowest BCUT2D eigenvalue weighted by Gasteiger charge is -2.31. The second-order valence-corrected chi connectivity index (χ2v) is 6.74. The molecule has 3 rings (SSSR count). The Morgan fingerprint density at radius 2 is 1.96 bits per heavy atom. The molecule has 1 aliphatic heterocycles. The second kappa shape index (κ2) is 8.37. The van der Waals surface area contributed by atoms with E-state index in [1.165, 1.54) is 23.1 Å². The molecule has 1 saturated heterocycles. The molecule has 0 radical (unpaired) electrons. The number of nitrogens with zero attached hydrogens (tertiary/aromatic N) is 3. The Hall–Kier alpha value is -2.64. The number of carbonyl (C=O) groups excluding carboxylic acids is 1. The minimum absolute atomic E-state index is 0.0238. The van der Waals surface area contributed by atoms with Crippen molar-refractivity contribution in [3.05, 3.63) is 68.7 Å². The summed E-state index contributed by atoms with van der Waals surface area (Å²) in [6.45, 7) is 3.25. The average Bonchev–Trinajstić information content (AvgIpc) is 2.68. The summed E-state index contributed by atoms with van der Waals surface area (Å²) in [6.07, 6.45) is 0. The Kier molecular flexibility index (Phi) is 5.93. The van der Waals surface area contributed by atoms with Crippen LogP contribution in [0.15, 0.2) is 42.5 Å². The highest BCUT2D eigenvalue weighted by Crippen LogP contribution is 2.26. The normalized spacial score (nSPS) is 14.1. The molecule has 2 aromatic carbocycles. The third-order valence-corrected chi connectivity index (χ3v) is 4.72. The van der Waals surface area contributed by atoms with Crippen LogP contribution in [0.5, 0.6) is 0 Å². The number of rotatable bonds is 5. The maximum Gasteiger partial charge on any atom is 0.283 e. The summed E-state index contributed by atoms with van der Waals surface area (Å²) >= 11 is 5.84. The Morgan fingerprint density at radius 1 is 1.26 bits per heavy atom. The fourth-order valence-corrected chi connectivity index (χ4v) is 3.29. The van der Waals surface area contributed by atoms with Crippen molar-refractivity contribution >= 4 is 28.9 Å². The molecule has 0 aliphatic carbocycles. The van der Waals surface area contributed by atoms with Crippen LogP contribution in [-0.4, -0.2) is 49.1 Å². The van der Waals surface area contributed by atoms with Crippen LogP contribution < -0.4 is 4.90 Å². The molecule has 1 heterocycles. The Morgan fingerprint density at radius 3 is 2.67 bits per heavy atom. The number of amides is 1. The van der Waals surface area contributed by atoms with Crippen molar-refractivity contribution in [2.24, 2.45) is 0 Å². The SMILES string of the molecule is CN(Cc1ccccc1N1CCOCC1)C(=O)c1ccc(Cl)cc1[N+](=O)[O-]. The second-order valence-electron chi connectivity index (χ2n) is 6.31. The number of anilines is 1. The number of hydrogen-bond donors (Lipinski definition) is 0. The zero-order valence-electron chi connectivity index (χ0n) is 14.9. The summed E-state index contributed by atoms with van der Waals surface area (Å²) in [5, 5.41) is 11.5. The van der Waals surface area contributed by atoms with Gasteiger partial charge in [-0.2, -0.15) is 0 Å². The van der Waals surface area contributed by atoms with Gasteiger partial charge in [0, 0.05) is 43.5 Å². The molecule has 0 bridgehead atoms. The summed E-state index contributed by atoms with van der Waals surface area (Å²) in [4.78, 5) is 27.2. The van der Waals surface area contributed by atoms with E-state index in [2.05, 4.69) is 4.90 Å². The Labute approximate surface area is 162 Å². The van der Waals surface area contributed by atoms with Crippen LogP contribution in [-0.2, 0) is 11.3 Å². The van der Waals surface area contributed by atoms with Crippen molar-refractivity contribution in [2.45, 2.75) is 6.54 Å². The first-order valence-corrected chi connectivity index (χ1v) is 8.95. The monoisotopic (exact) mass is 389 g/mol. The minimum atomic E-state index is -0.589. The van der Waals surface area contributed by atoms with Gasteiger partial charge in [0.15, 0.2) is 0 Å². The molecule has 0 saturated carbocycles. The van der Waals surface area contributed by atoms with Gasteiger partial charge < -0.3 is 14.5 Å². The summed E-state index contributed by atoms with van der Waals surface area (Å²) in [5.74, 6) is -0.421. The zero-order valence-corrected chi connectivity index (χ0v) is 15.7. The molecule has 1 amide bonds. The van der Waals surface area contributed by atoms with Crippen molar-refractivity contribution < 1.29 is 14.5 Å². The van der Waals surface area contributed by atoms with Crippen LogP contribution >= 0.6 is 11.6 Å². The molecule has 0 aromatic heterocycles. The number of benzene rings is 2.